The zero-order valence-electron chi connectivity index (χ0n) is 14.1. The van der Waals surface area contributed by atoms with Crippen LogP contribution in [0.25, 0.3) is 0 Å². The quantitative estimate of drug-likeness (QED) is 0.909. The van der Waals surface area contributed by atoms with E-state index in [1.807, 2.05) is 37.3 Å². The Hall–Kier alpha value is -2.27. The van der Waals surface area contributed by atoms with Crippen LogP contribution in [0.2, 0.25) is 0 Å². The fourth-order valence-electron chi connectivity index (χ4n) is 3.09. The van der Waals surface area contributed by atoms with Gasteiger partial charge in [0.05, 0.1) is 18.4 Å². The van der Waals surface area contributed by atoms with E-state index in [0.29, 0.717) is 12.5 Å². The van der Waals surface area contributed by atoms with Gasteiger partial charge in [-0.1, -0.05) is 30.3 Å². The summed E-state index contributed by atoms with van der Waals surface area (Å²) in [4.78, 5) is 14.1. The summed E-state index contributed by atoms with van der Waals surface area (Å²) < 4.78 is 11.2. The normalized spacial score (nSPS) is 21.4. The van der Waals surface area contributed by atoms with Gasteiger partial charge in [-0.3, -0.25) is 0 Å². The second-order valence-corrected chi connectivity index (χ2v) is 6.24. The lowest BCUT2D eigenvalue weighted by Gasteiger charge is -2.25. The maximum Gasteiger partial charge on any atom is 0.317 e. The molecule has 1 saturated heterocycles. The average Bonchev–Trinajstić information content (AvgIpc) is 3.30. The lowest BCUT2D eigenvalue weighted by atomic mass is 9.95. The van der Waals surface area contributed by atoms with Crippen LogP contribution in [-0.4, -0.2) is 31.1 Å². The van der Waals surface area contributed by atoms with E-state index >= 15 is 0 Å². The Morgan fingerprint density at radius 2 is 2.08 bits per heavy atom. The first-order valence-corrected chi connectivity index (χ1v) is 8.37. The molecule has 1 N–H and O–H groups in total. The summed E-state index contributed by atoms with van der Waals surface area (Å²) in [6, 6.07) is 13.7. The monoisotopic (exact) mass is 328 g/mol. The van der Waals surface area contributed by atoms with Crippen LogP contribution in [0.3, 0.4) is 0 Å². The topological polar surface area (TPSA) is 54.7 Å². The molecule has 3 rings (SSSR count). The molecule has 1 aromatic carbocycles. The Morgan fingerprint density at radius 3 is 2.79 bits per heavy atom. The largest absolute Gasteiger partial charge is 0.467 e. The van der Waals surface area contributed by atoms with Gasteiger partial charge in [0, 0.05) is 26.1 Å². The highest BCUT2D eigenvalue weighted by molar-refractivity contribution is 5.74. The predicted molar refractivity (Wildman–Crippen MR) is 91.5 cm³/mol. The zero-order valence-corrected chi connectivity index (χ0v) is 14.1. The van der Waals surface area contributed by atoms with Gasteiger partial charge in [-0.2, -0.15) is 0 Å². The van der Waals surface area contributed by atoms with Crippen LogP contribution in [0.1, 0.15) is 36.8 Å². The van der Waals surface area contributed by atoms with Gasteiger partial charge in [0.25, 0.3) is 0 Å². The van der Waals surface area contributed by atoms with E-state index in [-0.39, 0.29) is 18.2 Å². The maximum absolute atomic E-state index is 12.4. The number of carbonyl (C=O) groups is 1. The molecule has 2 amide bonds. The molecule has 0 spiro atoms. The standard InChI is InChI=1S/C19H24N2O3/c1-14(17-9-6-11-23-17)21(2)19(22)20-13-16-10-12-24-18(16)15-7-4-3-5-8-15/h3-9,11,14,16,18H,10,12-13H2,1-2H3,(H,20,22)/t14-,16-,18+/m1/s1. The molecule has 0 unspecified atom stereocenters. The third kappa shape index (κ3) is 3.62. The van der Waals surface area contributed by atoms with Gasteiger partial charge in [0.15, 0.2) is 0 Å². The lowest BCUT2D eigenvalue weighted by Crippen LogP contribution is -2.41. The molecule has 5 nitrogen and oxygen atoms in total. The molecular formula is C19H24N2O3. The molecule has 0 radical (unpaired) electrons. The van der Waals surface area contributed by atoms with E-state index in [2.05, 4.69) is 17.4 Å². The van der Waals surface area contributed by atoms with Crippen molar-refractivity contribution in [1.82, 2.24) is 10.2 Å². The second kappa shape index (κ2) is 7.53. The Balaban J connectivity index is 1.55. The van der Waals surface area contributed by atoms with Gasteiger partial charge < -0.3 is 19.4 Å². The first kappa shape index (κ1) is 16.6. The van der Waals surface area contributed by atoms with Gasteiger partial charge in [0.1, 0.15) is 5.76 Å². The molecule has 2 heterocycles. The van der Waals surface area contributed by atoms with E-state index in [9.17, 15) is 4.79 Å². The predicted octanol–water partition coefficient (Wildman–Crippen LogP) is 3.76. The number of urea groups is 1. The van der Waals surface area contributed by atoms with Crippen molar-refractivity contribution in [2.24, 2.45) is 5.92 Å². The van der Waals surface area contributed by atoms with Crippen LogP contribution < -0.4 is 5.32 Å². The van der Waals surface area contributed by atoms with Crippen molar-refractivity contribution in [2.45, 2.75) is 25.5 Å². The molecule has 0 bridgehead atoms. The Bertz CT molecular complexity index is 642. The number of nitrogens with zero attached hydrogens (tertiary/aromatic N) is 1. The minimum atomic E-state index is -0.107. The Morgan fingerprint density at radius 1 is 1.29 bits per heavy atom. The highest BCUT2D eigenvalue weighted by Gasteiger charge is 2.30. The van der Waals surface area contributed by atoms with Crippen molar-refractivity contribution in [1.29, 1.82) is 0 Å². The number of amides is 2. The molecular weight excluding hydrogens is 304 g/mol. The van der Waals surface area contributed by atoms with E-state index in [4.69, 9.17) is 9.15 Å². The van der Waals surface area contributed by atoms with Crippen molar-refractivity contribution in [3.05, 3.63) is 60.1 Å². The summed E-state index contributed by atoms with van der Waals surface area (Å²) in [5.74, 6) is 1.07. The van der Waals surface area contributed by atoms with Gasteiger partial charge in [-0.05, 0) is 31.0 Å². The maximum atomic E-state index is 12.4. The number of carbonyl (C=O) groups excluding carboxylic acids is 1. The van der Waals surface area contributed by atoms with E-state index in [1.165, 1.54) is 5.56 Å². The molecule has 1 fully saturated rings. The van der Waals surface area contributed by atoms with Gasteiger partial charge in [0.2, 0.25) is 0 Å². The smallest absolute Gasteiger partial charge is 0.317 e. The van der Waals surface area contributed by atoms with Crippen molar-refractivity contribution < 1.29 is 13.9 Å². The molecule has 1 aromatic heterocycles. The summed E-state index contributed by atoms with van der Waals surface area (Å²) in [6.07, 6.45) is 2.63. The Labute approximate surface area is 142 Å². The SMILES string of the molecule is C[C@H](c1ccco1)N(C)C(=O)NC[C@H]1CCO[C@H]1c1ccccc1. The highest BCUT2D eigenvalue weighted by Crippen LogP contribution is 2.34. The third-order valence-electron chi connectivity index (χ3n) is 4.71. The molecule has 0 saturated carbocycles. The fourth-order valence-corrected chi connectivity index (χ4v) is 3.09. The molecule has 1 aliphatic heterocycles. The number of rotatable bonds is 5. The Kier molecular flexibility index (Phi) is 5.20. The van der Waals surface area contributed by atoms with Crippen molar-refractivity contribution in [3.63, 3.8) is 0 Å². The van der Waals surface area contributed by atoms with Crippen LogP contribution in [0, 0.1) is 5.92 Å². The van der Waals surface area contributed by atoms with Crippen molar-refractivity contribution in [3.8, 4) is 0 Å². The zero-order chi connectivity index (χ0) is 16.9. The van der Waals surface area contributed by atoms with Crippen LogP contribution in [0.4, 0.5) is 4.79 Å². The van der Waals surface area contributed by atoms with Gasteiger partial charge in [-0.25, -0.2) is 4.79 Å². The summed E-state index contributed by atoms with van der Waals surface area (Å²) in [7, 11) is 1.78. The van der Waals surface area contributed by atoms with E-state index in [1.54, 1.807) is 18.2 Å². The van der Waals surface area contributed by atoms with E-state index < -0.39 is 0 Å². The van der Waals surface area contributed by atoms with Crippen molar-refractivity contribution >= 4 is 6.03 Å². The summed E-state index contributed by atoms with van der Waals surface area (Å²) in [5, 5.41) is 3.03. The van der Waals surface area contributed by atoms with Gasteiger partial charge >= 0.3 is 6.03 Å². The van der Waals surface area contributed by atoms with Crippen molar-refractivity contribution in [2.75, 3.05) is 20.2 Å². The van der Waals surface area contributed by atoms with Gasteiger partial charge in [-0.15, -0.1) is 0 Å². The van der Waals surface area contributed by atoms with E-state index in [0.717, 1.165) is 18.8 Å². The van der Waals surface area contributed by atoms with Crippen LogP contribution >= 0.6 is 0 Å². The minimum absolute atomic E-state index is 0.0549. The molecule has 2 aromatic rings. The number of nitrogens with one attached hydrogen (secondary N) is 1. The summed E-state index contributed by atoms with van der Waals surface area (Å²) >= 11 is 0. The fraction of sp³-hybridized carbons (Fsp3) is 0.421. The lowest BCUT2D eigenvalue weighted by molar-refractivity contribution is 0.0903. The van der Waals surface area contributed by atoms with Crippen LogP contribution in [0.5, 0.6) is 0 Å². The number of ether oxygens (including phenoxy) is 1. The average molecular weight is 328 g/mol. The van der Waals surface area contributed by atoms with Crippen LogP contribution in [0.15, 0.2) is 53.1 Å². The first-order chi connectivity index (χ1) is 11.7. The molecule has 24 heavy (non-hydrogen) atoms. The summed E-state index contributed by atoms with van der Waals surface area (Å²) in [6.45, 7) is 3.29. The number of hydrogen-bond donors (Lipinski definition) is 1. The van der Waals surface area contributed by atoms with Crippen LogP contribution in [-0.2, 0) is 4.74 Å². The molecule has 5 heteroatoms. The minimum Gasteiger partial charge on any atom is -0.467 e. The summed E-state index contributed by atoms with van der Waals surface area (Å²) in [5.41, 5.74) is 1.17. The molecule has 3 atom stereocenters. The number of benzene rings is 1. The highest BCUT2D eigenvalue weighted by atomic mass is 16.5. The second-order valence-electron chi connectivity index (χ2n) is 6.24. The molecule has 128 valence electrons. The number of hydrogen-bond acceptors (Lipinski definition) is 3. The molecule has 0 aliphatic carbocycles. The third-order valence-corrected chi connectivity index (χ3v) is 4.71. The first-order valence-electron chi connectivity index (χ1n) is 8.37. The molecule has 1 aliphatic rings. The number of furan rings is 1.